The highest BCUT2D eigenvalue weighted by Crippen LogP contribution is 2.24. The van der Waals surface area contributed by atoms with Gasteiger partial charge >= 0.3 is 0 Å². The third kappa shape index (κ3) is 2.87. The van der Waals surface area contributed by atoms with Gasteiger partial charge in [0.2, 0.25) is 11.8 Å². The molecule has 0 spiro atoms. The maximum atomic E-state index is 11.6. The Hall–Kier alpha value is -1.88. The van der Waals surface area contributed by atoms with Crippen LogP contribution in [-0.2, 0) is 9.59 Å². The van der Waals surface area contributed by atoms with Crippen molar-refractivity contribution in [3.63, 3.8) is 0 Å². The molecule has 1 saturated heterocycles. The predicted octanol–water partition coefficient (Wildman–Crippen LogP) is 1.10. The Kier molecular flexibility index (Phi) is 3.94. The number of anilines is 2. The zero-order valence-corrected chi connectivity index (χ0v) is 10.2. The third-order valence-corrected chi connectivity index (χ3v) is 2.89. The second-order valence-electron chi connectivity index (χ2n) is 4.29. The molecular formula is C13H17N3O2. The molecule has 0 aromatic heterocycles. The topological polar surface area (TPSA) is 75.4 Å². The summed E-state index contributed by atoms with van der Waals surface area (Å²) in [6.45, 7) is 1.08. The Morgan fingerprint density at radius 2 is 2.28 bits per heavy atom. The SMILES string of the molecule is NCCC(=O)Nc1cccc(N2CCCC2=O)c1. The van der Waals surface area contributed by atoms with Crippen molar-refractivity contribution in [2.75, 3.05) is 23.3 Å². The number of benzene rings is 1. The summed E-state index contributed by atoms with van der Waals surface area (Å²) in [6, 6.07) is 7.33. The van der Waals surface area contributed by atoms with Crippen LogP contribution >= 0.6 is 0 Å². The van der Waals surface area contributed by atoms with Crippen LogP contribution in [0.3, 0.4) is 0 Å². The van der Waals surface area contributed by atoms with Crippen molar-refractivity contribution in [3.8, 4) is 0 Å². The minimum absolute atomic E-state index is 0.109. The van der Waals surface area contributed by atoms with Crippen LogP contribution < -0.4 is 16.0 Å². The quantitative estimate of drug-likeness (QED) is 0.836. The zero-order chi connectivity index (χ0) is 13.0. The summed E-state index contributed by atoms with van der Waals surface area (Å²) < 4.78 is 0. The second kappa shape index (κ2) is 5.64. The highest BCUT2D eigenvalue weighted by molar-refractivity contribution is 5.97. The molecule has 96 valence electrons. The number of nitrogens with zero attached hydrogens (tertiary/aromatic N) is 1. The van der Waals surface area contributed by atoms with E-state index in [9.17, 15) is 9.59 Å². The third-order valence-electron chi connectivity index (χ3n) is 2.89. The molecule has 0 atom stereocenters. The monoisotopic (exact) mass is 247 g/mol. The van der Waals surface area contributed by atoms with Gasteiger partial charge in [-0.3, -0.25) is 9.59 Å². The van der Waals surface area contributed by atoms with Gasteiger partial charge < -0.3 is 16.0 Å². The summed E-state index contributed by atoms with van der Waals surface area (Å²) in [5.41, 5.74) is 6.85. The number of carbonyl (C=O) groups is 2. The van der Waals surface area contributed by atoms with Crippen LogP contribution in [0.5, 0.6) is 0 Å². The van der Waals surface area contributed by atoms with Crippen molar-refractivity contribution in [1.82, 2.24) is 0 Å². The molecule has 18 heavy (non-hydrogen) atoms. The van der Waals surface area contributed by atoms with Gasteiger partial charge in [0.05, 0.1) is 0 Å². The van der Waals surface area contributed by atoms with Crippen molar-refractivity contribution in [2.45, 2.75) is 19.3 Å². The highest BCUT2D eigenvalue weighted by atomic mass is 16.2. The van der Waals surface area contributed by atoms with Crippen LogP contribution in [0, 0.1) is 0 Å². The molecule has 1 aromatic carbocycles. The Balaban J connectivity index is 2.10. The fraction of sp³-hybridized carbons (Fsp3) is 0.385. The van der Waals surface area contributed by atoms with E-state index in [1.165, 1.54) is 0 Å². The zero-order valence-electron chi connectivity index (χ0n) is 10.2. The first-order chi connectivity index (χ1) is 8.70. The number of hydrogen-bond acceptors (Lipinski definition) is 3. The van der Waals surface area contributed by atoms with Gasteiger partial charge in [-0.05, 0) is 24.6 Å². The van der Waals surface area contributed by atoms with Crippen molar-refractivity contribution in [2.24, 2.45) is 5.73 Å². The fourth-order valence-electron chi connectivity index (χ4n) is 2.03. The van der Waals surface area contributed by atoms with E-state index in [0.717, 1.165) is 18.7 Å². The van der Waals surface area contributed by atoms with Crippen LogP contribution in [0.15, 0.2) is 24.3 Å². The highest BCUT2D eigenvalue weighted by Gasteiger charge is 2.21. The van der Waals surface area contributed by atoms with Crippen molar-refractivity contribution in [1.29, 1.82) is 0 Å². The minimum Gasteiger partial charge on any atom is -0.330 e. The van der Waals surface area contributed by atoms with Gasteiger partial charge in [0, 0.05) is 37.3 Å². The minimum atomic E-state index is -0.109. The van der Waals surface area contributed by atoms with E-state index in [4.69, 9.17) is 5.73 Å². The first kappa shape index (κ1) is 12.6. The van der Waals surface area contributed by atoms with Gasteiger partial charge in [0.15, 0.2) is 0 Å². The molecule has 5 nitrogen and oxygen atoms in total. The number of amides is 2. The smallest absolute Gasteiger partial charge is 0.227 e. The molecule has 2 amide bonds. The first-order valence-corrected chi connectivity index (χ1v) is 6.11. The van der Waals surface area contributed by atoms with E-state index < -0.39 is 0 Å². The lowest BCUT2D eigenvalue weighted by Gasteiger charge is -2.16. The van der Waals surface area contributed by atoms with E-state index in [-0.39, 0.29) is 11.8 Å². The Labute approximate surface area is 106 Å². The lowest BCUT2D eigenvalue weighted by molar-refractivity contribution is -0.117. The molecule has 1 heterocycles. The van der Waals surface area contributed by atoms with E-state index in [1.54, 1.807) is 11.0 Å². The normalized spacial score (nSPS) is 14.9. The summed E-state index contributed by atoms with van der Waals surface area (Å²) >= 11 is 0. The number of hydrogen-bond donors (Lipinski definition) is 2. The number of carbonyl (C=O) groups excluding carboxylic acids is 2. The summed E-state index contributed by atoms with van der Waals surface area (Å²) in [4.78, 5) is 24.8. The Morgan fingerprint density at radius 3 is 2.94 bits per heavy atom. The van der Waals surface area contributed by atoms with Gasteiger partial charge in [-0.25, -0.2) is 0 Å². The van der Waals surface area contributed by atoms with Gasteiger partial charge in [-0.1, -0.05) is 6.07 Å². The van der Waals surface area contributed by atoms with Gasteiger partial charge in [-0.15, -0.1) is 0 Å². The van der Waals surface area contributed by atoms with Crippen LogP contribution in [0.1, 0.15) is 19.3 Å². The fourth-order valence-corrected chi connectivity index (χ4v) is 2.03. The molecular weight excluding hydrogens is 230 g/mol. The lowest BCUT2D eigenvalue weighted by Crippen LogP contribution is -2.23. The average molecular weight is 247 g/mol. The number of nitrogens with one attached hydrogen (secondary N) is 1. The summed E-state index contributed by atoms with van der Waals surface area (Å²) in [7, 11) is 0. The predicted molar refractivity (Wildman–Crippen MR) is 70.3 cm³/mol. The maximum absolute atomic E-state index is 11.6. The van der Waals surface area contributed by atoms with Gasteiger partial charge in [0.25, 0.3) is 0 Å². The van der Waals surface area contributed by atoms with Crippen LogP contribution in [-0.4, -0.2) is 24.9 Å². The van der Waals surface area contributed by atoms with E-state index in [2.05, 4.69) is 5.32 Å². The van der Waals surface area contributed by atoms with Crippen molar-refractivity contribution < 1.29 is 9.59 Å². The van der Waals surface area contributed by atoms with Crippen molar-refractivity contribution >= 4 is 23.2 Å². The lowest BCUT2D eigenvalue weighted by atomic mass is 10.2. The number of rotatable bonds is 4. The molecule has 1 aromatic rings. The molecule has 0 aliphatic carbocycles. The molecule has 1 fully saturated rings. The molecule has 1 aliphatic rings. The molecule has 0 unspecified atom stereocenters. The van der Waals surface area contributed by atoms with Gasteiger partial charge in [-0.2, -0.15) is 0 Å². The largest absolute Gasteiger partial charge is 0.330 e. The molecule has 0 radical (unpaired) electrons. The summed E-state index contributed by atoms with van der Waals surface area (Å²) in [5.74, 6) is 0.0304. The Morgan fingerprint density at radius 1 is 1.44 bits per heavy atom. The molecule has 3 N–H and O–H groups in total. The van der Waals surface area contributed by atoms with E-state index in [0.29, 0.717) is 25.1 Å². The van der Waals surface area contributed by atoms with E-state index >= 15 is 0 Å². The summed E-state index contributed by atoms with van der Waals surface area (Å²) in [6.07, 6.45) is 1.79. The molecule has 0 saturated carbocycles. The average Bonchev–Trinajstić information content (AvgIpc) is 2.76. The van der Waals surface area contributed by atoms with Gasteiger partial charge in [0.1, 0.15) is 0 Å². The van der Waals surface area contributed by atoms with Crippen LogP contribution in [0.4, 0.5) is 11.4 Å². The van der Waals surface area contributed by atoms with E-state index in [1.807, 2.05) is 18.2 Å². The Bertz CT molecular complexity index is 459. The number of nitrogens with two attached hydrogens (primary N) is 1. The van der Waals surface area contributed by atoms with Crippen LogP contribution in [0.2, 0.25) is 0 Å². The standard InChI is InChI=1S/C13H17N3O2/c14-7-6-12(17)15-10-3-1-4-11(9-10)16-8-2-5-13(16)18/h1,3-4,9H,2,5-8,14H2,(H,15,17). The van der Waals surface area contributed by atoms with Crippen molar-refractivity contribution in [3.05, 3.63) is 24.3 Å². The molecule has 0 bridgehead atoms. The molecule has 5 heteroatoms. The molecule has 1 aliphatic heterocycles. The maximum Gasteiger partial charge on any atom is 0.227 e. The van der Waals surface area contributed by atoms with Crippen LogP contribution in [0.25, 0.3) is 0 Å². The summed E-state index contributed by atoms with van der Waals surface area (Å²) in [5, 5.41) is 2.76. The second-order valence-corrected chi connectivity index (χ2v) is 4.29. The molecule has 2 rings (SSSR count). The first-order valence-electron chi connectivity index (χ1n) is 6.11.